The van der Waals surface area contributed by atoms with Crippen LogP contribution < -0.4 is 0 Å². The van der Waals surface area contributed by atoms with E-state index in [9.17, 15) is 9.18 Å². The van der Waals surface area contributed by atoms with Gasteiger partial charge in [-0.05, 0) is 49.7 Å². The molecule has 0 bridgehead atoms. The highest BCUT2D eigenvalue weighted by Crippen LogP contribution is 2.39. The SMILES string of the molecule is CN1Cc2nnc(-c3ccc(F)cc3)n2C2(CCN(C(=O)Cc3ccccc3)CC2)C1. The number of benzene rings is 2. The Morgan fingerprint density at radius 2 is 1.74 bits per heavy atom. The zero-order chi connectivity index (χ0) is 21.4. The highest BCUT2D eigenvalue weighted by molar-refractivity contribution is 5.78. The Balaban J connectivity index is 1.39. The number of hydrogen-bond acceptors (Lipinski definition) is 4. The minimum atomic E-state index is -0.262. The van der Waals surface area contributed by atoms with Crippen molar-refractivity contribution in [1.29, 1.82) is 0 Å². The smallest absolute Gasteiger partial charge is 0.226 e. The average molecular weight is 420 g/mol. The van der Waals surface area contributed by atoms with Gasteiger partial charge in [0.25, 0.3) is 0 Å². The molecule has 0 unspecified atom stereocenters. The molecule has 160 valence electrons. The average Bonchev–Trinajstić information content (AvgIpc) is 3.20. The van der Waals surface area contributed by atoms with Crippen LogP contribution in [0.3, 0.4) is 0 Å². The Kier molecular flexibility index (Phi) is 5.06. The molecule has 0 atom stereocenters. The van der Waals surface area contributed by atoms with Crippen molar-refractivity contribution in [1.82, 2.24) is 24.6 Å². The third kappa shape index (κ3) is 3.74. The summed E-state index contributed by atoms with van der Waals surface area (Å²) in [4.78, 5) is 17.1. The Labute approximate surface area is 181 Å². The van der Waals surface area contributed by atoms with Crippen molar-refractivity contribution in [3.8, 4) is 11.4 Å². The molecule has 6 nitrogen and oxygen atoms in total. The fourth-order valence-electron chi connectivity index (χ4n) is 5.01. The van der Waals surface area contributed by atoms with Crippen LogP contribution in [0.1, 0.15) is 24.2 Å². The summed E-state index contributed by atoms with van der Waals surface area (Å²) in [7, 11) is 2.10. The predicted molar refractivity (Wildman–Crippen MR) is 116 cm³/mol. The first-order chi connectivity index (χ1) is 15.0. The molecule has 1 fully saturated rings. The molecule has 0 radical (unpaired) electrons. The van der Waals surface area contributed by atoms with Crippen LogP contribution in [-0.4, -0.2) is 57.2 Å². The van der Waals surface area contributed by atoms with Crippen molar-refractivity contribution in [2.45, 2.75) is 31.3 Å². The van der Waals surface area contributed by atoms with Gasteiger partial charge in [0.05, 0.1) is 18.5 Å². The van der Waals surface area contributed by atoms with E-state index in [4.69, 9.17) is 0 Å². The number of rotatable bonds is 3. The second-order valence-corrected chi connectivity index (χ2v) is 8.72. The van der Waals surface area contributed by atoms with E-state index >= 15 is 0 Å². The Bertz CT molecular complexity index is 1070. The molecular formula is C24H26FN5O. The second kappa shape index (κ2) is 7.89. The molecule has 1 aromatic heterocycles. The molecule has 1 saturated heterocycles. The molecule has 1 amide bonds. The van der Waals surface area contributed by atoms with Crippen molar-refractivity contribution in [2.75, 3.05) is 26.7 Å². The van der Waals surface area contributed by atoms with Crippen LogP contribution >= 0.6 is 0 Å². The van der Waals surface area contributed by atoms with Gasteiger partial charge in [0.2, 0.25) is 5.91 Å². The fraction of sp³-hybridized carbons (Fsp3) is 0.375. The Morgan fingerprint density at radius 3 is 2.45 bits per heavy atom. The number of halogens is 1. The highest BCUT2D eigenvalue weighted by Gasteiger charge is 2.44. The summed E-state index contributed by atoms with van der Waals surface area (Å²) in [6, 6.07) is 16.3. The van der Waals surface area contributed by atoms with E-state index < -0.39 is 0 Å². The van der Waals surface area contributed by atoms with Gasteiger partial charge in [-0.3, -0.25) is 9.69 Å². The minimum Gasteiger partial charge on any atom is -0.342 e. The van der Waals surface area contributed by atoms with E-state index in [-0.39, 0.29) is 17.3 Å². The number of amides is 1. The number of nitrogens with zero attached hydrogens (tertiary/aromatic N) is 5. The van der Waals surface area contributed by atoms with Gasteiger partial charge in [0, 0.05) is 25.2 Å². The second-order valence-electron chi connectivity index (χ2n) is 8.72. The molecule has 2 aliphatic rings. The lowest BCUT2D eigenvalue weighted by molar-refractivity contribution is -0.133. The number of piperidine rings is 1. The molecule has 0 N–H and O–H groups in total. The molecular weight excluding hydrogens is 393 g/mol. The lowest BCUT2D eigenvalue weighted by Gasteiger charge is -2.48. The number of hydrogen-bond donors (Lipinski definition) is 0. The van der Waals surface area contributed by atoms with Gasteiger partial charge in [0.1, 0.15) is 11.6 Å². The first-order valence-electron chi connectivity index (χ1n) is 10.8. The largest absolute Gasteiger partial charge is 0.342 e. The van der Waals surface area contributed by atoms with Crippen LogP contribution in [-0.2, 0) is 23.3 Å². The number of carbonyl (C=O) groups excluding carboxylic acids is 1. The minimum absolute atomic E-state index is 0.168. The number of likely N-dealkylation sites (tertiary alicyclic amines) is 1. The molecule has 1 spiro atoms. The molecule has 0 aliphatic carbocycles. The maximum absolute atomic E-state index is 13.5. The van der Waals surface area contributed by atoms with Crippen molar-refractivity contribution >= 4 is 5.91 Å². The van der Waals surface area contributed by atoms with E-state index in [1.165, 1.54) is 12.1 Å². The predicted octanol–water partition coefficient (Wildman–Crippen LogP) is 3.09. The molecule has 3 heterocycles. The standard InChI is InChI=1S/C24H26FN5O/c1-28-16-21-26-27-23(19-7-9-20(25)10-8-19)30(21)24(17-28)11-13-29(14-12-24)22(31)15-18-5-3-2-4-6-18/h2-10H,11-17H2,1H3. The first kappa shape index (κ1) is 19.9. The third-order valence-corrected chi connectivity index (χ3v) is 6.53. The number of carbonyl (C=O) groups is 1. The van der Waals surface area contributed by atoms with Gasteiger partial charge in [-0.1, -0.05) is 30.3 Å². The van der Waals surface area contributed by atoms with Crippen LogP contribution in [0.25, 0.3) is 11.4 Å². The van der Waals surface area contributed by atoms with E-state index in [0.717, 1.165) is 48.7 Å². The van der Waals surface area contributed by atoms with Crippen LogP contribution in [0.4, 0.5) is 4.39 Å². The zero-order valence-corrected chi connectivity index (χ0v) is 17.7. The summed E-state index contributed by atoms with van der Waals surface area (Å²) >= 11 is 0. The number of aromatic nitrogens is 3. The lowest BCUT2D eigenvalue weighted by atomic mass is 9.84. The summed E-state index contributed by atoms with van der Waals surface area (Å²) in [6.07, 6.45) is 2.13. The number of fused-ring (bicyclic) bond motifs is 2. The van der Waals surface area contributed by atoms with E-state index in [0.29, 0.717) is 19.5 Å². The number of likely N-dealkylation sites (N-methyl/N-ethyl adjacent to an activating group) is 1. The van der Waals surface area contributed by atoms with Crippen LogP contribution in [0.2, 0.25) is 0 Å². The van der Waals surface area contributed by atoms with Gasteiger partial charge in [-0.2, -0.15) is 0 Å². The van der Waals surface area contributed by atoms with Gasteiger partial charge in [-0.15, -0.1) is 10.2 Å². The lowest BCUT2D eigenvalue weighted by Crippen LogP contribution is -2.56. The zero-order valence-electron chi connectivity index (χ0n) is 17.7. The van der Waals surface area contributed by atoms with Crippen LogP contribution in [0, 0.1) is 5.82 Å². The van der Waals surface area contributed by atoms with E-state index in [1.807, 2.05) is 35.2 Å². The van der Waals surface area contributed by atoms with Gasteiger partial charge in [0.15, 0.2) is 5.82 Å². The van der Waals surface area contributed by atoms with Gasteiger partial charge >= 0.3 is 0 Å². The van der Waals surface area contributed by atoms with Crippen LogP contribution in [0.15, 0.2) is 54.6 Å². The van der Waals surface area contributed by atoms with E-state index in [1.54, 1.807) is 12.1 Å². The maximum atomic E-state index is 13.5. The molecule has 2 aromatic carbocycles. The Morgan fingerprint density at radius 1 is 1.03 bits per heavy atom. The molecule has 7 heteroatoms. The topological polar surface area (TPSA) is 54.3 Å². The Hall–Kier alpha value is -3.06. The van der Waals surface area contributed by atoms with Crippen molar-refractivity contribution in [2.24, 2.45) is 0 Å². The summed E-state index contributed by atoms with van der Waals surface area (Å²) in [6.45, 7) is 3.03. The summed E-state index contributed by atoms with van der Waals surface area (Å²) in [5.74, 6) is 1.62. The van der Waals surface area contributed by atoms with Crippen LogP contribution in [0.5, 0.6) is 0 Å². The molecule has 3 aromatic rings. The monoisotopic (exact) mass is 419 g/mol. The van der Waals surface area contributed by atoms with Crippen molar-refractivity contribution < 1.29 is 9.18 Å². The molecule has 2 aliphatic heterocycles. The summed E-state index contributed by atoms with van der Waals surface area (Å²) in [5, 5.41) is 8.94. The summed E-state index contributed by atoms with van der Waals surface area (Å²) in [5.41, 5.74) is 1.75. The first-order valence-corrected chi connectivity index (χ1v) is 10.8. The normalized spacial score (nSPS) is 18.2. The van der Waals surface area contributed by atoms with Crippen molar-refractivity contribution in [3.05, 3.63) is 71.8 Å². The molecule has 5 rings (SSSR count). The van der Waals surface area contributed by atoms with Gasteiger partial charge in [-0.25, -0.2) is 4.39 Å². The maximum Gasteiger partial charge on any atom is 0.226 e. The van der Waals surface area contributed by atoms with Gasteiger partial charge < -0.3 is 9.47 Å². The third-order valence-electron chi connectivity index (χ3n) is 6.53. The fourth-order valence-corrected chi connectivity index (χ4v) is 5.01. The highest BCUT2D eigenvalue weighted by atomic mass is 19.1. The summed E-state index contributed by atoms with van der Waals surface area (Å²) < 4.78 is 15.7. The molecule has 31 heavy (non-hydrogen) atoms. The van der Waals surface area contributed by atoms with E-state index in [2.05, 4.69) is 26.7 Å². The quantitative estimate of drug-likeness (QED) is 0.655. The molecule has 0 saturated carbocycles. The van der Waals surface area contributed by atoms with Crippen molar-refractivity contribution in [3.63, 3.8) is 0 Å².